The van der Waals surface area contributed by atoms with E-state index in [0.29, 0.717) is 26.3 Å². The molecule has 5 heteroatoms. The number of ether oxygens (including phenoxy) is 2. The van der Waals surface area contributed by atoms with Crippen LogP contribution in [-0.2, 0) is 20.9 Å². The number of benzene rings is 1. The van der Waals surface area contributed by atoms with E-state index in [0.717, 1.165) is 5.56 Å². The lowest BCUT2D eigenvalue weighted by molar-refractivity contribution is -0.156. The van der Waals surface area contributed by atoms with E-state index in [9.17, 15) is 4.79 Å². The average Bonchev–Trinajstić information content (AvgIpc) is 2.46. The molecule has 0 fully saturated rings. The largest absolute Gasteiger partial charge is 0.459 e. The summed E-state index contributed by atoms with van der Waals surface area (Å²) in [5.74, 6) is -0.265. The second kappa shape index (κ2) is 10.5. The molecular weight excluding hydrogens is 326 g/mol. The minimum Gasteiger partial charge on any atom is -0.459 e. The van der Waals surface area contributed by atoms with Gasteiger partial charge in [0.2, 0.25) is 0 Å². The normalized spacial score (nSPS) is 12.9. The van der Waals surface area contributed by atoms with Crippen molar-refractivity contribution >= 4 is 17.6 Å². The van der Waals surface area contributed by atoms with Crippen molar-refractivity contribution in [1.82, 2.24) is 4.90 Å². The van der Waals surface area contributed by atoms with Crippen LogP contribution in [0.2, 0.25) is 0 Å². The molecule has 0 saturated carbocycles. The number of rotatable bonds is 10. The van der Waals surface area contributed by atoms with Crippen LogP contribution >= 0.6 is 11.6 Å². The Hall–Kier alpha value is -1.36. The van der Waals surface area contributed by atoms with Crippen molar-refractivity contribution < 1.29 is 14.3 Å². The van der Waals surface area contributed by atoms with E-state index in [1.165, 1.54) is 0 Å². The lowest BCUT2D eigenvalue weighted by Gasteiger charge is -2.25. The summed E-state index contributed by atoms with van der Waals surface area (Å²) < 4.78 is 11.0. The Morgan fingerprint density at radius 2 is 2.00 bits per heavy atom. The van der Waals surface area contributed by atoms with Gasteiger partial charge in [0.1, 0.15) is 5.60 Å². The molecule has 0 unspecified atom stereocenters. The maximum atomic E-state index is 12.0. The quantitative estimate of drug-likeness (QED) is 0.366. The zero-order valence-corrected chi connectivity index (χ0v) is 15.6. The molecule has 1 aromatic rings. The molecular formula is C19H28ClNO3. The molecule has 134 valence electrons. The van der Waals surface area contributed by atoms with Gasteiger partial charge in [0.25, 0.3) is 0 Å². The van der Waals surface area contributed by atoms with E-state index in [1.54, 1.807) is 6.08 Å². The van der Waals surface area contributed by atoms with Gasteiger partial charge in [0.15, 0.2) is 0 Å². The Labute approximate surface area is 150 Å². The predicted molar refractivity (Wildman–Crippen MR) is 98.2 cm³/mol. The second-order valence-electron chi connectivity index (χ2n) is 6.67. The van der Waals surface area contributed by atoms with Crippen LogP contribution in [0.15, 0.2) is 43.0 Å². The predicted octanol–water partition coefficient (Wildman–Crippen LogP) is 3.64. The Morgan fingerprint density at radius 1 is 1.33 bits per heavy atom. The van der Waals surface area contributed by atoms with E-state index in [-0.39, 0.29) is 17.9 Å². The molecule has 4 nitrogen and oxygen atoms in total. The summed E-state index contributed by atoms with van der Waals surface area (Å²) in [6, 6.07) is 9.94. The molecule has 0 aliphatic rings. The summed E-state index contributed by atoms with van der Waals surface area (Å²) in [7, 11) is 0. The summed E-state index contributed by atoms with van der Waals surface area (Å²) in [5.41, 5.74) is 0.619. The van der Waals surface area contributed by atoms with Crippen LogP contribution in [0, 0.1) is 0 Å². The zero-order valence-electron chi connectivity index (χ0n) is 14.8. The Bertz CT molecular complexity index is 499. The number of nitrogens with zero attached hydrogens (tertiary/aromatic N) is 1. The molecule has 0 aromatic heterocycles. The Balaban J connectivity index is 2.37. The SMILES string of the molecule is C=CCN(CC(=O)OC(C)(C)C)C[C@H](Cl)COCc1ccccc1. The van der Waals surface area contributed by atoms with Gasteiger partial charge in [-0.2, -0.15) is 0 Å². The number of hydrogen-bond acceptors (Lipinski definition) is 4. The Morgan fingerprint density at radius 3 is 2.58 bits per heavy atom. The first-order valence-corrected chi connectivity index (χ1v) is 8.54. The van der Waals surface area contributed by atoms with Gasteiger partial charge in [-0.25, -0.2) is 0 Å². The zero-order chi connectivity index (χ0) is 18.0. The van der Waals surface area contributed by atoms with Gasteiger partial charge in [0.05, 0.1) is 25.1 Å². The highest BCUT2D eigenvalue weighted by molar-refractivity contribution is 6.20. The molecule has 0 radical (unpaired) electrons. The first-order chi connectivity index (χ1) is 11.3. The third kappa shape index (κ3) is 9.71. The molecule has 24 heavy (non-hydrogen) atoms. The molecule has 1 aromatic carbocycles. The lowest BCUT2D eigenvalue weighted by Crippen LogP contribution is -2.39. The molecule has 0 spiro atoms. The van der Waals surface area contributed by atoms with Crippen molar-refractivity contribution in [2.45, 2.75) is 38.4 Å². The number of halogens is 1. The monoisotopic (exact) mass is 353 g/mol. The topological polar surface area (TPSA) is 38.8 Å². The molecule has 0 heterocycles. The smallest absolute Gasteiger partial charge is 0.320 e. The minimum absolute atomic E-state index is 0.186. The molecule has 0 bridgehead atoms. The number of carbonyl (C=O) groups is 1. The lowest BCUT2D eigenvalue weighted by atomic mass is 10.2. The fraction of sp³-hybridized carbons (Fsp3) is 0.526. The van der Waals surface area contributed by atoms with Crippen LogP contribution < -0.4 is 0 Å². The molecule has 0 amide bonds. The van der Waals surface area contributed by atoms with Gasteiger partial charge in [-0.15, -0.1) is 18.2 Å². The maximum Gasteiger partial charge on any atom is 0.320 e. The number of alkyl halides is 1. The average molecular weight is 354 g/mol. The van der Waals surface area contributed by atoms with Gasteiger partial charge in [-0.3, -0.25) is 9.69 Å². The highest BCUT2D eigenvalue weighted by atomic mass is 35.5. The highest BCUT2D eigenvalue weighted by Crippen LogP contribution is 2.09. The molecule has 0 saturated heterocycles. The third-order valence-corrected chi connectivity index (χ3v) is 3.29. The maximum absolute atomic E-state index is 12.0. The summed E-state index contributed by atoms with van der Waals surface area (Å²) in [5, 5.41) is -0.212. The second-order valence-corrected chi connectivity index (χ2v) is 7.28. The van der Waals surface area contributed by atoms with Gasteiger partial charge < -0.3 is 9.47 Å². The van der Waals surface area contributed by atoms with Crippen LogP contribution in [0.1, 0.15) is 26.3 Å². The van der Waals surface area contributed by atoms with Crippen LogP contribution in [0.4, 0.5) is 0 Å². The van der Waals surface area contributed by atoms with Crippen molar-refractivity contribution in [3.63, 3.8) is 0 Å². The van der Waals surface area contributed by atoms with E-state index in [1.807, 2.05) is 56.0 Å². The van der Waals surface area contributed by atoms with Gasteiger partial charge in [-0.05, 0) is 26.3 Å². The van der Waals surface area contributed by atoms with E-state index >= 15 is 0 Å². The first kappa shape index (κ1) is 20.7. The summed E-state index contributed by atoms with van der Waals surface area (Å²) in [6.07, 6.45) is 1.75. The van der Waals surface area contributed by atoms with Crippen molar-refractivity contribution in [3.8, 4) is 0 Å². The molecule has 0 N–H and O–H groups in total. The first-order valence-electron chi connectivity index (χ1n) is 8.11. The van der Waals surface area contributed by atoms with Crippen LogP contribution in [-0.4, -0.2) is 48.1 Å². The molecule has 0 aliphatic carbocycles. The van der Waals surface area contributed by atoms with Gasteiger partial charge in [-0.1, -0.05) is 36.4 Å². The minimum atomic E-state index is -0.490. The fourth-order valence-electron chi connectivity index (χ4n) is 2.15. The number of carbonyl (C=O) groups excluding carboxylic acids is 1. The van der Waals surface area contributed by atoms with Crippen molar-refractivity contribution in [3.05, 3.63) is 48.6 Å². The van der Waals surface area contributed by atoms with Crippen molar-refractivity contribution in [2.75, 3.05) is 26.2 Å². The summed E-state index contributed by atoms with van der Waals surface area (Å²) in [4.78, 5) is 13.9. The fourth-order valence-corrected chi connectivity index (χ4v) is 2.44. The van der Waals surface area contributed by atoms with E-state index in [2.05, 4.69) is 6.58 Å². The highest BCUT2D eigenvalue weighted by Gasteiger charge is 2.20. The van der Waals surface area contributed by atoms with Crippen molar-refractivity contribution in [1.29, 1.82) is 0 Å². The van der Waals surface area contributed by atoms with Gasteiger partial charge in [0, 0.05) is 13.1 Å². The summed E-state index contributed by atoms with van der Waals surface area (Å²) in [6.45, 7) is 11.5. The molecule has 0 aliphatic heterocycles. The molecule has 1 rings (SSSR count). The number of esters is 1. The van der Waals surface area contributed by atoms with Crippen molar-refractivity contribution in [2.24, 2.45) is 0 Å². The third-order valence-electron chi connectivity index (χ3n) is 3.03. The van der Waals surface area contributed by atoms with E-state index < -0.39 is 5.60 Å². The van der Waals surface area contributed by atoms with Gasteiger partial charge >= 0.3 is 5.97 Å². The van der Waals surface area contributed by atoms with Crippen LogP contribution in [0.25, 0.3) is 0 Å². The number of hydrogen-bond donors (Lipinski definition) is 0. The summed E-state index contributed by atoms with van der Waals surface area (Å²) >= 11 is 6.34. The van der Waals surface area contributed by atoms with Crippen LogP contribution in [0.3, 0.4) is 0 Å². The molecule has 1 atom stereocenters. The van der Waals surface area contributed by atoms with E-state index in [4.69, 9.17) is 21.1 Å². The standard InChI is InChI=1S/C19H28ClNO3/c1-5-11-21(13-18(22)24-19(2,3)4)12-17(20)15-23-14-16-9-7-6-8-10-16/h5-10,17H,1,11-15H2,2-4H3/t17-/m0/s1. The Kier molecular flexibility index (Phi) is 9.04. The van der Waals surface area contributed by atoms with Crippen LogP contribution in [0.5, 0.6) is 0 Å².